The maximum absolute atomic E-state index is 11.6. The highest BCUT2D eigenvalue weighted by Gasteiger charge is 2.05. The van der Waals surface area contributed by atoms with E-state index in [0.29, 0.717) is 6.61 Å². The lowest BCUT2D eigenvalue weighted by atomic mass is 10.1. The second kappa shape index (κ2) is 8.13. The van der Waals surface area contributed by atoms with Gasteiger partial charge in [-0.15, -0.1) is 6.58 Å². The largest absolute Gasteiger partial charge is 0.375 e. The molecule has 0 aromatic carbocycles. The Kier molecular flexibility index (Phi) is 7.83. The minimum atomic E-state index is -2.37. The Hall–Kier alpha value is -0.480. The lowest BCUT2D eigenvalue weighted by Crippen LogP contribution is -2.26. The first kappa shape index (κ1) is 12.5. The highest BCUT2D eigenvalue weighted by Crippen LogP contribution is 2.00. The summed E-state index contributed by atoms with van der Waals surface area (Å²) in [6, 6.07) is 0.273. The van der Waals surface area contributed by atoms with Gasteiger partial charge >= 0.3 is 0 Å². The molecule has 0 rings (SSSR count). The number of nitrogens with one attached hydrogen (secondary N) is 1. The van der Waals surface area contributed by atoms with Gasteiger partial charge in [-0.3, -0.25) is 0 Å². The van der Waals surface area contributed by atoms with Gasteiger partial charge in [0.2, 0.25) is 0 Å². The molecule has 0 fully saturated rings. The van der Waals surface area contributed by atoms with Crippen LogP contribution in [0, 0.1) is 0 Å². The summed E-state index contributed by atoms with van der Waals surface area (Å²) in [5, 5.41) is 3.05. The van der Waals surface area contributed by atoms with Crippen molar-refractivity contribution in [3.8, 4) is 0 Å². The van der Waals surface area contributed by atoms with E-state index in [0.717, 1.165) is 12.8 Å². The topological polar surface area (TPSA) is 21.3 Å². The van der Waals surface area contributed by atoms with Gasteiger partial charge in [0.05, 0.1) is 0 Å². The molecule has 0 aromatic rings. The maximum atomic E-state index is 11.6. The number of rotatable bonds is 8. The fourth-order valence-electron chi connectivity index (χ4n) is 0.979. The van der Waals surface area contributed by atoms with Crippen LogP contribution in [0.4, 0.5) is 8.78 Å². The first-order chi connectivity index (χ1) is 6.20. The van der Waals surface area contributed by atoms with Gasteiger partial charge in [-0.2, -0.15) is 0 Å². The summed E-state index contributed by atoms with van der Waals surface area (Å²) in [5.41, 5.74) is 0. The number of alkyl halides is 2. The summed E-state index contributed by atoms with van der Waals surface area (Å²) >= 11 is 0. The van der Waals surface area contributed by atoms with Crippen LogP contribution in [0.3, 0.4) is 0 Å². The summed E-state index contributed by atoms with van der Waals surface area (Å²) in [7, 11) is 1.83. The molecule has 0 amide bonds. The first-order valence-corrected chi connectivity index (χ1v) is 4.34. The van der Waals surface area contributed by atoms with Crippen LogP contribution >= 0.6 is 0 Å². The normalized spacial score (nSPS) is 13.2. The summed E-state index contributed by atoms with van der Waals surface area (Å²) in [5.74, 6) is 0. The standard InChI is InChI=1S/C9H17F2NO/c1-3-4-8(12-2)5-6-13-7-9(10)11/h3,8-9,12H,1,4-7H2,2H3. The molecule has 0 aliphatic heterocycles. The van der Waals surface area contributed by atoms with E-state index in [1.54, 1.807) is 6.08 Å². The van der Waals surface area contributed by atoms with Gasteiger partial charge in [0, 0.05) is 12.6 Å². The minimum absolute atomic E-state index is 0.273. The Balaban J connectivity index is 3.32. The zero-order valence-corrected chi connectivity index (χ0v) is 7.93. The van der Waals surface area contributed by atoms with Crippen molar-refractivity contribution < 1.29 is 13.5 Å². The fraction of sp³-hybridized carbons (Fsp3) is 0.778. The summed E-state index contributed by atoms with van der Waals surface area (Å²) in [6.07, 6.45) is 0.991. The molecule has 4 heteroatoms. The first-order valence-electron chi connectivity index (χ1n) is 4.34. The van der Waals surface area contributed by atoms with Crippen molar-refractivity contribution in [2.45, 2.75) is 25.3 Å². The van der Waals surface area contributed by atoms with E-state index in [1.807, 2.05) is 7.05 Å². The van der Waals surface area contributed by atoms with Gasteiger partial charge in [0.1, 0.15) is 6.61 Å². The highest BCUT2D eigenvalue weighted by atomic mass is 19.3. The fourth-order valence-corrected chi connectivity index (χ4v) is 0.979. The number of ether oxygens (including phenoxy) is 1. The Morgan fingerprint density at radius 2 is 2.23 bits per heavy atom. The monoisotopic (exact) mass is 193 g/mol. The van der Waals surface area contributed by atoms with Gasteiger partial charge < -0.3 is 10.1 Å². The van der Waals surface area contributed by atoms with Crippen LogP contribution in [0.5, 0.6) is 0 Å². The molecule has 0 aromatic heterocycles. The van der Waals surface area contributed by atoms with E-state index in [4.69, 9.17) is 4.74 Å². The van der Waals surface area contributed by atoms with Crippen LogP contribution in [-0.4, -0.2) is 32.7 Å². The average molecular weight is 193 g/mol. The summed E-state index contributed by atoms with van der Waals surface area (Å²) in [6.45, 7) is 3.50. The van der Waals surface area contributed by atoms with Crippen LogP contribution in [0.2, 0.25) is 0 Å². The second-order valence-electron chi connectivity index (χ2n) is 2.76. The molecule has 0 heterocycles. The molecule has 1 unspecified atom stereocenters. The molecular weight excluding hydrogens is 176 g/mol. The third kappa shape index (κ3) is 7.87. The minimum Gasteiger partial charge on any atom is -0.375 e. The second-order valence-corrected chi connectivity index (χ2v) is 2.76. The Bertz CT molecular complexity index is 131. The molecule has 13 heavy (non-hydrogen) atoms. The average Bonchev–Trinajstić information content (AvgIpc) is 2.10. The molecule has 0 aliphatic carbocycles. The van der Waals surface area contributed by atoms with E-state index in [9.17, 15) is 8.78 Å². The molecule has 78 valence electrons. The lowest BCUT2D eigenvalue weighted by Gasteiger charge is -2.13. The Morgan fingerprint density at radius 3 is 2.69 bits per heavy atom. The third-order valence-corrected chi connectivity index (χ3v) is 1.71. The molecule has 0 spiro atoms. The SMILES string of the molecule is C=CCC(CCOCC(F)F)NC. The maximum Gasteiger partial charge on any atom is 0.261 e. The predicted molar refractivity (Wildman–Crippen MR) is 49.1 cm³/mol. The lowest BCUT2D eigenvalue weighted by molar-refractivity contribution is 0.0146. The molecule has 1 atom stereocenters. The van der Waals surface area contributed by atoms with Gasteiger partial charge in [-0.25, -0.2) is 8.78 Å². The summed E-state index contributed by atoms with van der Waals surface area (Å²) < 4.78 is 28.0. The van der Waals surface area contributed by atoms with E-state index >= 15 is 0 Å². The van der Waals surface area contributed by atoms with Crippen LogP contribution in [-0.2, 0) is 4.74 Å². The number of halogens is 2. The van der Waals surface area contributed by atoms with E-state index in [-0.39, 0.29) is 6.04 Å². The predicted octanol–water partition coefficient (Wildman–Crippen LogP) is 1.82. The number of hydrogen-bond acceptors (Lipinski definition) is 2. The van der Waals surface area contributed by atoms with Crippen LogP contribution in [0.15, 0.2) is 12.7 Å². The van der Waals surface area contributed by atoms with Crippen LogP contribution < -0.4 is 5.32 Å². The molecule has 0 aliphatic rings. The zero-order valence-electron chi connectivity index (χ0n) is 7.93. The quantitative estimate of drug-likeness (QED) is 0.469. The van der Waals surface area contributed by atoms with E-state index < -0.39 is 13.0 Å². The van der Waals surface area contributed by atoms with Crippen molar-refractivity contribution in [2.75, 3.05) is 20.3 Å². The number of hydrogen-bond donors (Lipinski definition) is 1. The van der Waals surface area contributed by atoms with Gasteiger partial charge in [0.25, 0.3) is 6.43 Å². The third-order valence-electron chi connectivity index (χ3n) is 1.71. The molecule has 1 N–H and O–H groups in total. The van der Waals surface area contributed by atoms with Gasteiger partial charge in [0.15, 0.2) is 0 Å². The smallest absolute Gasteiger partial charge is 0.261 e. The molecule has 0 radical (unpaired) electrons. The van der Waals surface area contributed by atoms with Gasteiger partial charge in [-0.1, -0.05) is 6.08 Å². The van der Waals surface area contributed by atoms with Crippen molar-refractivity contribution in [1.29, 1.82) is 0 Å². The zero-order chi connectivity index (χ0) is 10.1. The van der Waals surface area contributed by atoms with E-state index in [2.05, 4.69) is 11.9 Å². The molecular formula is C9H17F2NO. The van der Waals surface area contributed by atoms with Crippen LogP contribution in [0.25, 0.3) is 0 Å². The van der Waals surface area contributed by atoms with Crippen LogP contribution in [0.1, 0.15) is 12.8 Å². The molecule has 0 bridgehead atoms. The van der Waals surface area contributed by atoms with Crippen molar-refractivity contribution in [1.82, 2.24) is 5.32 Å². The van der Waals surface area contributed by atoms with Crippen molar-refractivity contribution in [3.63, 3.8) is 0 Å². The van der Waals surface area contributed by atoms with E-state index in [1.165, 1.54) is 0 Å². The Morgan fingerprint density at radius 1 is 1.54 bits per heavy atom. The summed E-state index contributed by atoms with van der Waals surface area (Å²) in [4.78, 5) is 0. The van der Waals surface area contributed by atoms with Gasteiger partial charge in [-0.05, 0) is 19.9 Å². The highest BCUT2D eigenvalue weighted by molar-refractivity contribution is 4.76. The molecule has 0 saturated carbocycles. The Labute approximate surface area is 78.0 Å². The molecule has 0 saturated heterocycles. The van der Waals surface area contributed by atoms with Crippen molar-refractivity contribution in [3.05, 3.63) is 12.7 Å². The van der Waals surface area contributed by atoms with Crippen molar-refractivity contribution >= 4 is 0 Å². The van der Waals surface area contributed by atoms with Crippen molar-refractivity contribution in [2.24, 2.45) is 0 Å². The molecule has 2 nitrogen and oxygen atoms in total.